The van der Waals surface area contributed by atoms with Gasteiger partial charge in [-0.25, -0.2) is 0 Å². The number of nitrogens with two attached hydrogens (primary N) is 1. The van der Waals surface area contributed by atoms with Crippen LogP contribution < -0.4 is 20.5 Å². The van der Waals surface area contributed by atoms with Gasteiger partial charge in [0, 0.05) is 11.3 Å². The molecule has 0 spiro atoms. The maximum atomic E-state index is 12.0. The first-order valence-corrected chi connectivity index (χ1v) is 6.74. The van der Waals surface area contributed by atoms with Crippen molar-refractivity contribution >= 4 is 11.6 Å². The van der Waals surface area contributed by atoms with Crippen molar-refractivity contribution in [3.63, 3.8) is 0 Å². The third-order valence-corrected chi connectivity index (χ3v) is 3.21. The molecule has 0 bridgehead atoms. The number of fused-ring (bicyclic) bond motifs is 1. The van der Waals surface area contributed by atoms with E-state index < -0.39 is 0 Å². The second-order valence-electron chi connectivity index (χ2n) is 4.83. The number of anilines is 1. The summed E-state index contributed by atoms with van der Waals surface area (Å²) < 4.78 is 11.4. The van der Waals surface area contributed by atoms with Gasteiger partial charge >= 0.3 is 0 Å². The van der Waals surface area contributed by atoms with E-state index in [-0.39, 0.29) is 12.0 Å². The normalized spacial score (nSPS) is 16.3. The topological polar surface area (TPSA) is 73.6 Å². The first kappa shape index (κ1) is 13.3. The van der Waals surface area contributed by atoms with Crippen molar-refractivity contribution in [2.45, 2.75) is 6.10 Å². The van der Waals surface area contributed by atoms with Gasteiger partial charge in [0.15, 0.2) is 11.5 Å². The van der Waals surface area contributed by atoms with Crippen molar-refractivity contribution in [2.24, 2.45) is 0 Å². The lowest BCUT2D eigenvalue weighted by Gasteiger charge is -2.26. The van der Waals surface area contributed by atoms with E-state index in [1.54, 1.807) is 24.3 Å². The highest BCUT2D eigenvalue weighted by Gasteiger charge is 2.21. The van der Waals surface area contributed by atoms with E-state index in [9.17, 15) is 4.79 Å². The summed E-state index contributed by atoms with van der Waals surface area (Å²) in [5.74, 6) is 1.26. The molecule has 1 atom stereocenters. The van der Waals surface area contributed by atoms with Crippen molar-refractivity contribution in [2.75, 3.05) is 18.9 Å². The zero-order chi connectivity index (χ0) is 14.7. The minimum atomic E-state index is -0.204. The molecule has 2 aromatic rings. The van der Waals surface area contributed by atoms with E-state index in [0.29, 0.717) is 30.2 Å². The summed E-state index contributed by atoms with van der Waals surface area (Å²) in [7, 11) is 0. The molecule has 0 aromatic heterocycles. The Morgan fingerprint density at radius 3 is 2.81 bits per heavy atom. The van der Waals surface area contributed by atoms with Crippen molar-refractivity contribution < 1.29 is 14.3 Å². The highest BCUT2D eigenvalue weighted by Crippen LogP contribution is 2.30. The van der Waals surface area contributed by atoms with Crippen LogP contribution in [0.3, 0.4) is 0 Å². The second-order valence-corrected chi connectivity index (χ2v) is 4.83. The van der Waals surface area contributed by atoms with Crippen molar-refractivity contribution in [3.05, 3.63) is 54.1 Å². The third kappa shape index (κ3) is 3.08. The molecule has 1 aliphatic heterocycles. The van der Waals surface area contributed by atoms with E-state index >= 15 is 0 Å². The molecule has 108 valence electrons. The summed E-state index contributed by atoms with van der Waals surface area (Å²) in [6, 6.07) is 14.3. The first-order chi connectivity index (χ1) is 10.2. The summed E-state index contributed by atoms with van der Waals surface area (Å²) in [5.41, 5.74) is 6.76. The van der Waals surface area contributed by atoms with Gasteiger partial charge < -0.3 is 20.5 Å². The molecule has 5 heteroatoms. The van der Waals surface area contributed by atoms with Gasteiger partial charge in [-0.1, -0.05) is 18.2 Å². The Labute approximate surface area is 122 Å². The minimum Gasteiger partial charge on any atom is -0.486 e. The molecular formula is C16H16N2O3. The third-order valence-electron chi connectivity index (χ3n) is 3.21. The number of para-hydroxylation sites is 2. The molecule has 3 N–H and O–H groups in total. The van der Waals surface area contributed by atoms with Crippen LogP contribution in [0.4, 0.5) is 5.69 Å². The zero-order valence-electron chi connectivity index (χ0n) is 11.4. The van der Waals surface area contributed by atoms with Gasteiger partial charge in [0.05, 0.1) is 6.54 Å². The first-order valence-electron chi connectivity index (χ1n) is 6.74. The van der Waals surface area contributed by atoms with Gasteiger partial charge in [-0.05, 0) is 30.3 Å². The second kappa shape index (κ2) is 5.75. The van der Waals surface area contributed by atoms with Crippen LogP contribution in [0.2, 0.25) is 0 Å². The number of nitrogen functional groups attached to an aromatic ring is 1. The Balaban J connectivity index is 1.58. The van der Waals surface area contributed by atoms with E-state index in [1.165, 1.54) is 0 Å². The van der Waals surface area contributed by atoms with Crippen LogP contribution in [-0.2, 0) is 0 Å². The minimum absolute atomic E-state index is 0.176. The van der Waals surface area contributed by atoms with Gasteiger partial charge in [0.2, 0.25) is 0 Å². The van der Waals surface area contributed by atoms with Gasteiger partial charge in [0.1, 0.15) is 12.7 Å². The molecule has 1 aliphatic rings. The fourth-order valence-corrected chi connectivity index (χ4v) is 2.15. The molecule has 21 heavy (non-hydrogen) atoms. The molecule has 0 saturated heterocycles. The lowest BCUT2D eigenvalue weighted by Crippen LogP contribution is -2.40. The number of nitrogens with one attached hydrogen (secondary N) is 1. The molecule has 1 unspecified atom stereocenters. The van der Waals surface area contributed by atoms with Crippen LogP contribution in [0.25, 0.3) is 0 Å². The summed E-state index contributed by atoms with van der Waals surface area (Å²) in [4.78, 5) is 12.0. The number of benzene rings is 2. The Morgan fingerprint density at radius 1 is 1.19 bits per heavy atom. The number of carbonyl (C=O) groups is 1. The maximum absolute atomic E-state index is 12.0. The number of rotatable bonds is 3. The quantitative estimate of drug-likeness (QED) is 0.843. The van der Waals surface area contributed by atoms with Crippen LogP contribution in [0.15, 0.2) is 48.5 Å². The molecule has 5 nitrogen and oxygen atoms in total. The molecule has 0 aliphatic carbocycles. The number of carbonyl (C=O) groups excluding carboxylic acids is 1. The average molecular weight is 284 g/mol. The lowest BCUT2D eigenvalue weighted by atomic mass is 10.2. The van der Waals surface area contributed by atoms with E-state index in [2.05, 4.69) is 5.32 Å². The largest absolute Gasteiger partial charge is 0.486 e. The van der Waals surface area contributed by atoms with E-state index in [0.717, 1.165) is 5.75 Å². The monoisotopic (exact) mass is 284 g/mol. The van der Waals surface area contributed by atoms with E-state index in [1.807, 2.05) is 24.3 Å². The molecule has 0 fully saturated rings. The molecule has 0 saturated carbocycles. The summed E-state index contributed by atoms with van der Waals surface area (Å²) in [6.45, 7) is 0.788. The number of hydrogen-bond donors (Lipinski definition) is 2. The standard InChI is InChI=1S/C16H16N2O3/c17-12-5-3-4-11(8-12)16(19)18-9-13-10-20-14-6-1-2-7-15(14)21-13/h1-8,13H,9-10,17H2,(H,18,19). The molecule has 0 radical (unpaired) electrons. The lowest BCUT2D eigenvalue weighted by molar-refractivity contribution is 0.0789. The van der Waals surface area contributed by atoms with Crippen molar-refractivity contribution in [1.29, 1.82) is 0 Å². The molecule has 1 amide bonds. The Morgan fingerprint density at radius 2 is 2.00 bits per heavy atom. The Hall–Kier alpha value is -2.69. The van der Waals surface area contributed by atoms with E-state index in [4.69, 9.17) is 15.2 Å². The van der Waals surface area contributed by atoms with Gasteiger partial charge in [0.25, 0.3) is 5.91 Å². The van der Waals surface area contributed by atoms with Gasteiger partial charge in [-0.2, -0.15) is 0 Å². The molecule has 3 rings (SSSR count). The van der Waals surface area contributed by atoms with Crippen LogP contribution in [0, 0.1) is 0 Å². The van der Waals surface area contributed by atoms with Crippen LogP contribution in [-0.4, -0.2) is 25.2 Å². The van der Waals surface area contributed by atoms with Gasteiger partial charge in [-0.3, -0.25) is 4.79 Å². The van der Waals surface area contributed by atoms with Gasteiger partial charge in [-0.15, -0.1) is 0 Å². The van der Waals surface area contributed by atoms with Crippen molar-refractivity contribution in [3.8, 4) is 11.5 Å². The molecule has 1 heterocycles. The summed E-state index contributed by atoms with van der Waals surface area (Å²) >= 11 is 0. The fourth-order valence-electron chi connectivity index (χ4n) is 2.15. The highest BCUT2D eigenvalue weighted by atomic mass is 16.6. The summed E-state index contributed by atoms with van der Waals surface area (Å²) in [5, 5.41) is 2.83. The SMILES string of the molecule is Nc1cccc(C(=O)NCC2COc3ccccc3O2)c1. The highest BCUT2D eigenvalue weighted by molar-refractivity contribution is 5.94. The number of ether oxygens (including phenoxy) is 2. The summed E-state index contributed by atoms with van der Waals surface area (Å²) in [6.07, 6.45) is -0.204. The predicted octanol–water partition coefficient (Wildman–Crippen LogP) is 1.84. The number of amides is 1. The smallest absolute Gasteiger partial charge is 0.251 e. The predicted molar refractivity (Wildman–Crippen MR) is 79.5 cm³/mol. The Bertz CT molecular complexity index is 657. The molecular weight excluding hydrogens is 268 g/mol. The fraction of sp³-hybridized carbons (Fsp3) is 0.188. The van der Waals surface area contributed by atoms with Crippen LogP contribution in [0.5, 0.6) is 11.5 Å². The average Bonchev–Trinajstić information content (AvgIpc) is 2.52. The Kier molecular flexibility index (Phi) is 3.64. The maximum Gasteiger partial charge on any atom is 0.251 e. The van der Waals surface area contributed by atoms with Crippen LogP contribution in [0.1, 0.15) is 10.4 Å². The molecule has 2 aromatic carbocycles. The van der Waals surface area contributed by atoms with Crippen LogP contribution >= 0.6 is 0 Å². The van der Waals surface area contributed by atoms with Crippen molar-refractivity contribution in [1.82, 2.24) is 5.32 Å². The zero-order valence-corrected chi connectivity index (χ0v) is 11.4. The number of hydrogen-bond acceptors (Lipinski definition) is 4.